The molecule has 0 atom stereocenters. The zero-order valence-corrected chi connectivity index (χ0v) is 19.3. The van der Waals surface area contributed by atoms with E-state index in [9.17, 15) is 8.42 Å². The van der Waals surface area contributed by atoms with Crippen molar-refractivity contribution in [1.29, 1.82) is 0 Å². The summed E-state index contributed by atoms with van der Waals surface area (Å²) in [5.41, 5.74) is 4.26. The van der Waals surface area contributed by atoms with E-state index in [0.717, 1.165) is 33.9 Å². The lowest BCUT2D eigenvalue weighted by Crippen LogP contribution is -2.33. The molecule has 4 aromatic rings. The second-order valence-electron chi connectivity index (χ2n) is 7.44. The van der Waals surface area contributed by atoms with Crippen LogP contribution in [0.3, 0.4) is 0 Å². The molecule has 2 aromatic heterocycles. The molecule has 4 rings (SSSR count). The van der Waals surface area contributed by atoms with Crippen molar-refractivity contribution in [3.05, 3.63) is 66.9 Å². The van der Waals surface area contributed by atoms with Gasteiger partial charge in [-0.05, 0) is 29.7 Å². The minimum absolute atomic E-state index is 0.194. The topological polar surface area (TPSA) is 110 Å². The Morgan fingerprint density at radius 1 is 1.09 bits per heavy atom. The second-order valence-corrected chi connectivity index (χ2v) is 9.20. The third-order valence-electron chi connectivity index (χ3n) is 4.99. The van der Waals surface area contributed by atoms with Gasteiger partial charge in [0.25, 0.3) is 0 Å². The van der Waals surface area contributed by atoms with E-state index in [4.69, 9.17) is 9.64 Å². The van der Waals surface area contributed by atoms with Crippen LogP contribution in [0, 0.1) is 0 Å². The molecule has 0 aliphatic rings. The Hall–Kier alpha value is -3.18. The van der Waals surface area contributed by atoms with Gasteiger partial charge in [-0.3, -0.25) is 0 Å². The summed E-state index contributed by atoms with van der Waals surface area (Å²) in [7, 11) is 0.303. The van der Waals surface area contributed by atoms with Gasteiger partial charge in [-0.1, -0.05) is 30.3 Å². The Kier molecular flexibility index (Phi) is 7.09. The maximum atomic E-state index is 12.5. The van der Waals surface area contributed by atoms with E-state index in [-0.39, 0.29) is 11.4 Å². The van der Waals surface area contributed by atoms with E-state index < -0.39 is 10.0 Å². The number of hydrogen-bond donors (Lipinski definition) is 3. The van der Waals surface area contributed by atoms with E-state index in [0.29, 0.717) is 14.2 Å². The lowest BCUT2D eigenvalue weighted by atomic mass is 10.0. The average Bonchev–Trinajstić information content (AvgIpc) is 3.21. The van der Waals surface area contributed by atoms with Crippen molar-refractivity contribution in [2.24, 2.45) is 0 Å². The molecule has 0 radical (unpaired) electrons. The van der Waals surface area contributed by atoms with E-state index >= 15 is 0 Å². The van der Waals surface area contributed by atoms with Crippen LogP contribution in [0.4, 0.5) is 11.5 Å². The summed E-state index contributed by atoms with van der Waals surface area (Å²) in [6, 6.07) is 18.4. The number of sulfonamides is 1. The first-order valence-electron chi connectivity index (χ1n) is 10.4. The number of benzene rings is 2. The molecule has 9 nitrogen and oxygen atoms in total. The Bertz CT molecular complexity index is 1330. The zero-order chi connectivity index (χ0) is 23.3. The van der Waals surface area contributed by atoms with Gasteiger partial charge in [0.2, 0.25) is 10.0 Å². The maximum Gasteiger partial charge on any atom is 0.360 e. The van der Waals surface area contributed by atoms with E-state index in [2.05, 4.69) is 20.4 Å². The third kappa shape index (κ3) is 5.42. The Labute approximate surface area is 194 Å². The third-order valence-corrected chi connectivity index (χ3v) is 6.47. The summed E-state index contributed by atoms with van der Waals surface area (Å²) in [4.78, 5) is 4.95. The molecule has 0 saturated heterocycles. The van der Waals surface area contributed by atoms with Crippen LogP contribution in [0.1, 0.15) is 0 Å². The minimum atomic E-state index is -3.60. The van der Waals surface area contributed by atoms with Crippen LogP contribution in [0.5, 0.6) is 0 Å². The molecule has 33 heavy (non-hydrogen) atoms. The number of rotatable bonds is 10. The van der Waals surface area contributed by atoms with Crippen molar-refractivity contribution in [3.8, 4) is 11.3 Å². The standard InChI is InChI=1S/C21H24B2N6O3S/c1-32-23-24-11-12-26-33(30,31)17-9-7-16(8-10-17)27-20-13-19(15-5-3-2-4-6-15)28-21-18(22)14-25-29(20)21/h2-10,13-14,23-24,26-27H,11-12,22H2,1H3. The van der Waals surface area contributed by atoms with Crippen molar-refractivity contribution in [2.45, 2.75) is 4.90 Å². The van der Waals surface area contributed by atoms with Gasteiger partial charge in [0, 0.05) is 43.7 Å². The molecule has 12 heteroatoms. The van der Waals surface area contributed by atoms with Crippen molar-refractivity contribution in [2.75, 3.05) is 25.5 Å². The first-order chi connectivity index (χ1) is 16.0. The molecule has 0 saturated carbocycles. The first kappa shape index (κ1) is 23.0. The molecule has 2 heterocycles. The quantitative estimate of drug-likeness (QED) is 0.228. The number of fused-ring (bicyclic) bond motifs is 1. The number of nitrogens with one attached hydrogen (secondary N) is 3. The van der Waals surface area contributed by atoms with Crippen LogP contribution in [-0.4, -0.2) is 58.7 Å². The fourth-order valence-corrected chi connectivity index (χ4v) is 4.35. The highest BCUT2D eigenvalue weighted by Gasteiger charge is 2.14. The molecule has 0 aliphatic carbocycles. The molecule has 168 valence electrons. The van der Waals surface area contributed by atoms with Crippen molar-refractivity contribution in [3.63, 3.8) is 0 Å². The van der Waals surface area contributed by atoms with Crippen LogP contribution in [0.25, 0.3) is 16.9 Å². The normalized spacial score (nSPS) is 11.5. The highest BCUT2D eigenvalue weighted by atomic mass is 32.2. The number of hydrogen-bond acceptors (Lipinski definition) is 7. The molecule has 0 spiro atoms. The van der Waals surface area contributed by atoms with Crippen LogP contribution >= 0.6 is 0 Å². The molecule has 0 unspecified atom stereocenters. The van der Waals surface area contributed by atoms with Crippen LogP contribution in [0.2, 0.25) is 0 Å². The Morgan fingerprint density at radius 3 is 2.58 bits per heavy atom. The minimum Gasteiger partial charge on any atom is -0.427 e. The maximum absolute atomic E-state index is 12.5. The lowest BCUT2D eigenvalue weighted by Gasteiger charge is -2.12. The number of nitrogens with zero attached hydrogens (tertiary/aromatic N) is 3. The Balaban J connectivity index is 1.55. The van der Waals surface area contributed by atoms with Gasteiger partial charge >= 0.3 is 7.62 Å². The van der Waals surface area contributed by atoms with Crippen molar-refractivity contribution >= 4 is 48.1 Å². The summed E-state index contributed by atoms with van der Waals surface area (Å²) < 4.78 is 34.2. The summed E-state index contributed by atoms with van der Waals surface area (Å²) in [5, 5.41) is 10.7. The van der Waals surface area contributed by atoms with Gasteiger partial charge < -0.3 is 15.2 Å². The smallest absolute Gasteiger partial charge is 0.360 e. The molecule has 0 fully saturated rings. The van der Waals surface area contributed by atoms with E-state index in [1.54, 1.807) is 42.1 Å². The van der Waals surface area contributed by atoms with Gasteiger partial charge in [-0.25, -0.2) is 18.1 Å². The number of anilines is 2. The molecular weight excluding hydrogens is 438 g/mol. The van der Waals surface area contributed by atoms with Gasteiger partial charge in [0.05, 0.1) is 10.6 Å². The zero-order valence-electron chi connectivity index (χ0n) is 18.4. The summed E-state index contributed by atoms with van der Waals surface area (Å²) >= 11 is 0. The fourth-order valence-electron chi connectivity index (χ4n) is 3.32. The van der Waals surface area contributed by atoms with Gasteiger partial charge in [-0.15, -0.1) is 0 Å². The Morgan fingerprint density at radius 2 is 1.85 bits per heavy atom. The predicted octanol–water partition coefficient (Wildman–Crippen LogP) is 0.179. The largest absolute Gasteiger partial charge is 0.427 e. The van der Waals surface area contributed by atoms with Gasteiger partial charge in [-0.2, -0.15) is 9.61 Å². The highest BCUT2D eigenvalue weighted by molar-refractivity contribution is 7.89. The lowest BCUT2D eigenvalue weighted by molar-refractivity contribution is 0.431. The van der Waals surface area contributed by atoms with Crippen LogP contribution in [0.15, 0.2) is 71.8 Å². The summed E-state index contributed by atoms with van der Waals surface area (Å²) in [6.45, 7) is 0.736. The van der Waals surface area contributed by atoms with Gasteiger partial charge in [0.15, 0.2) is 5.65 Å². The monoisotopic (exact) mass is 462 g/mol. The molecular formula is C21H24B2N6O3S. The van der Waals surface area contributed by atoms with Crippen molar-refractivity contribution in [1.82, 2.24) is 24.5 Å². The average molecular weight is 462 g/mol. The van der Waals surface area contributed by atoms with E-state index in [1.807, 2.05) is 44.2 Å². The summed E-state index contributed by atoms with van der Waals surface area (Å²) in [5.74, 6) is 0.727. The van der Waals surface area contributed by atoms with E-state index in [1.165, 1.54) is 0 Å². The SMILES string of the molecule is Bc1cnn2c(Nc3ccc(S(=O)(=O)NCCNBOC)cc3)cc(-c3ccccc3)nc12. The molecule has 2 aromatic carbocycles. The molecule has 0 bridgehead atoms. The first-order valence-corrected chi connectivity index (χ1v) is 11.9. The van der Waals surface area contributed by atoms with Crippen LogP contribution in [-0.2, 0) is 14.7 Å². The number of aromatic nitrogens is 3. The molecule has 0 amide bonds. The fraction of sp³-hybridized carbons (Fsp3) is 0.143. The van der Waals surface area contributed by atoms with Gasteiger partial charge in [0.1, 0.15) is 13.7 Å². The van der Waals surface area contributed by atoms with Crippen molar-refractivity contribution < 1.29 is 13.1 Å². The molecule has 3 N–H and O–H groups in total. The summed E-state index contributed by atoms with van der Waals surface area (Å²) in [6.07, 6.45) is 1.77. The predicted molar refractivity (Wildman–Crippen MR) is 134 cm³/mol. The second kappa shape index (κ2) is 10.2. The van der Waals surface area contributed by atoms with Crippen LogP contribution < -0.4 is 20.7 Å². The highest BCUT2D eigenvalue weighted by Crippen LogP contribution is 2.24. The molecule has 0 aliphatic heterocycles.